The van der Waals surface area contributed by atoms with Gasteiger partial charge in [0.1, 0.15) is 11.8 Å². The first-order valence-electron chi connectivity index (χ1n) is 13.6. The number of fused-ring (bicyclic) bond motifs is 1. The summed E-state index contributed by atoms with van der Waals surface area (Å²) in [4.78, 5) is 38.7. The zero-order chi connectivity index (χ0) is 28.8. The summed E-state index contributed by atoms with van der Waals surface area (Å²) >= 11 is 1.29. The maximum Gasteiger partial charge on any atom is 0.247 e. The van der Waals surface area contributed by atoms with E-state index in [4.69, 9.17) is 14.2 Å². The SMILES string of the molecule is COc1ccc(CN(C(=O)CSc2nc(C)cc(C)n2)C(C(=O)Nc2ccc3c(c2)OCO3)C2CC=CCC2)cc1. The van der Waals surface area contributed by atoms with Crippen molar-refractivity contribution in [3.05, 3.63) is 77.6 Å². The van der Waals surface area contributed by atoms with E-state index in [0.29, 0.717) is 28.8 Å². The molecule has 3 aromatic rings. The van der Waals surface area contributed by atoms with Gasteiger partial charge >= 0.3 is 0 Å². The first-order valence-corrected chi connectivity index (χ1v) is 14.6. The monoisotopic (exact) mass is 574 g/mol. The first kappa shape index (κ1) is 28.5. The largest absolute Gasteiger partial charge is 0.497 e. The van der Waals surface area contributed by atoms with Gasteiger partial charge in [0.25, 0.3) is 0 Å². The van der Waals surface area contributed by atoms with Crippen molar-refractivity contribution >= 4 is 29.3 Å². The number of nitrogens with zero attached hydrogens (tertiary/aromatic N) is 3. The lowest BCUT2D eigenvalue weighted by Gasteiger charge is -2.37. The number of aromatic nitrogens is 2. The molecule has 41 heavy (non-hydrogen) atoms. The Morgan fingerprint density at radius 3 is 2.51 bits per heavy atom. The van der Waals surface area contributed by atoms with Crippen LogP contribution in [0, 0.1) is 19.8 Å². The average Bonchev–Trinajstić information content (AvgIpc) is 3.44. The maximum atomic E-state index is 14.1. The van der Waals surface area contributed by atoms with E-state index in [9.17, 15) is 9.59 Å². The third-order valence-corrected chi connectivity index (χ3v) is 7.95. The van der Waals surface area contributed by atoms with E-state index in [1.165, 1.54) is 11.8 Å². The fourth-order valence-electron chi connectivity index (χ4n) is 5.14. The van der Waals surface area contributed by atoms with Crippen LogP contribution < -0.4 is 19.5 Å². The van der Waals surface area contributed by atoms with Crippen LogP contribution in [0.25, 0.3) is 0 Å². The molecule has 5 rings (SSSR count). The summed E-state index contributed by atoms with van der Waals surface area (Å²) in [7, 11) is 1.62. The van der Waals surface area contributed by atoms with Gasteiger partial charge in [-0.15, -0.1) is 0 Å². The van der Waals surface area contributed by atoms with Crippen molar-refractivity contribution < 1.29 is 23.8 Å². The van der Waals surface area contributed by atoms with Crippen LogP contribution in [0.15, 0.2) is 65.8 Å². The molecule has 2 heterocycles. The van der Waals surface area contributed by atoms with Crippen molar-refractivity contribution in [3.8, 4) is 17.2 Å². The molecule has 214 valence electrons. The number of thioether (sulfide) groups is 1. The van der Waals surface area contributed by atoms with Gasteiger partial charge in [0.15, 0.2) is 16.7 Å². The van der Waals surface area contributed by atoms with E-state index in [-0.39, 0.29) is 36.8 Å². The molecular formula is C31H34N4O5S. The third-order valence-electron chi connectivity index (χ3n) is 7.12. The Hall–Kier alpha value is -4.05. The molecule has 2 atom stereocenters. The summed E-state index contributed by atoms with van der Waals surface area (Å²) in [6, 6.07) is 14.1. The van der Waals surface area contributed by atoms with Gasteiger partial charge in [-0.2, -0.15) is 0 Å². The Labute approximate surface area is 244 Å². The van der Waals surface area contributed by atoms with Gasteiger partial charge in [0.05, 0.1) is 12.9 Å². The molecule has 1 aliphatic heterocycles. The lowest BCUT2D eigenvalue weighted by atomic mass is 9.86. The van der Waals surface area contributed by atoms with Crippen LogP contribution in [0.3, 0.4) is 0 Å². The normalized spacial score (nSPS) is 16.2. The van der Waals surface area contributed by atoms with E-state index in [1.807, 2.05) is 44.2 Å². The summed E-state index contributed by atoms with van der Waals surface area (Å²) < 4.78 is 16.2. The average molecular weight is 575 g/mol. The Morgan fingerprint density at radius 1 is 1.05 bits per heavy atom. The van der Waals surface area contributed by atoms with E-state index in [2.05, 4.69) is 27.4 Å². The molecule has 9 nitrogen and oxygen atoms in total. The predicted octanol–water partition coefficient (Wildman–Crippen LogP) is 5.32. The van der Waals surface area contributed by atoms with Crippen LogP contribution in [0.5, 0.6) is 17.2 Å². The number of aryl methyl sites for hydroxylation is 2. The summed E-state index contributed by atoms with van der Waals surface area (Å²) in [6.45, 7) is 4.24. The Bertz CT molecular complexity index is 1410. The lowest BCUT2D eigenvalue weighted by Crippen LogP contribution is -2.51. The number of rotatable bonds is 10. The summed E-state index contributed by atoms with van der Waals surface area (Å²) in [5, 5.41) is 3.60. The second-order valence-electron chi connectivity index (χ2n) is 10.1. The number of anilines is 1. The van der Waals surface area contributed by atoms with E-state index in [1.54, 1.807) is 30.2 Å². The Balaban J connectivity index is 1.44. The highest BCUT2D eigenvalue weighted by molar-refractivity contribution is 7.99. The fourth-order valence-corrected chi connectivity index (χ4v) is 5.98. The molecule has 0 bridgehead atoms. The van der Waals surface area contributed by atoms with E-state index >= 15 is 0 Å². The smallest absolute Gasteiger partial charge is 0.247 e. The van der Waals surface area contributed by atoms with Crippen LogP contribution in [-0.2, 0) is 16.1 Å². The van der Waals surface area contributed by atoms with Gasteiger partial charge in [-0.25, -0.2) is 9.97 Å². The minimum Gasteiger partial charge on any atom is -0.497 e. The van der Waals surface area contributed by atoms with Gasteiger partial charge in [0, 0.05) is 29.7 Å². The molecule has 0 fully saturated rings. The number of amides is 2. The fraction of sp³-hybridized carbons (Fsp3) is 0.355. The summed E-state index contributed by atoms with van der Waals surface area (Å²) in [5.74, 6) is 1.61. The number of ether oxygens (including phenoxy) is 3. The highest BCUT2D eigenvalue weighted by atomic mass is 32.2. The van der Waals surface area contributed by atoms with Crippen LogP contribution in [0.2, 0.25) is 0 Å². The van der Waals surface area contributed by atoms with Gasteiger partial charge in [0.2, 0.25) is 18.6 Å². The molecule has 2 unspecified atom stereocenters. The van der Waals surface area contributed by atoms with Crippen LogP contribution >= 0.6 is 11.8 Å². The minimum atomic E-state index is -0.694. The van der Waals surface area contributed by atoms with Gasteiger partial charge < -0.3 is 24.4 Å². The molecule has 0 saturated heterocycles. The van der Waals surface area contributed by atoms with Crippen LogP contribution in [0.4, 0.5) is 5.69 Å². The van der Waals surface area contributed by atoms with E-state index in [0.717, 1.165) is 35.5 Å². The molecule has 0 saturated carbocycles. The summed E-state index contributed by atoms with van der Waals surface area (Å²) in [6.07, 6.45) is 6.60. The molecule has 2 aliphatic rings. The Morgan fingerprint density at radius 2 is 1.80 bits per heavy atom. The highest BCUT2D eigenvalue weighted by Gasteiger charge is 2.37. The zero-order valence-electron chi connectivity index (χ0n) is 23.5. The van der Waals surface area contributed by atoms with Crippen molar-refractivity contribution in [2.45, 2.75) is 50.9 Å². The minimum absolute atomic E-state index is 0.0429. The first-order chi connectivity index (χ1) is 19.9. The van der Waals surface area contributed by atoms with Crippen molar-refractivity contribution in [1.82, 2.24) is 14.9 Å². The molecule has 0 spiro atoms. The summed E-state index contributed by atoms with van der Waals surface area (Å²) in [5.41, 5.74) is 3.18. The van der Waals surface area contributed by atoms with Crippen molar-refractivity contribution in [1.29, 1.82) is 0 Å². The molecule has 0 radical (unpaired) electrons. The molecule has 1 aliphatic carbocycles. The molecule has 2 amide bonds. The molecule has 10 heteroatoms. The number of methoxy groups -OCH3 is 1. The highest BCUT2D eigenvalue weighted by Crippen LogP contribution is 2.35. The molecule has 1 N–H and O–H groups in total. The number of hydrogen-bond donors (Lipinski definition) is 1. The second kappa shape index (κ2) is 13.1. The zero-order valence-corrected chi connectivity index (χ0v) is 24.3. The van der Waals surface area contributed by atoms with Gasteiger partial charge in [-0.05, 0) is 74.9 Å². The van der Waals surface area contributed by atoms with E-state index < -0.39 is 6.04 Å². The molecule has 1 aromatic heterocycles. The van der Waals surface area contributed by atoms with Crippen molar-refractivity contribution in [2.75, 3.05) is 25.0 Å². The van der Waals surface area contributed by atoms with Gasteiger partial charge in [-0.3, -0.25) is 9.59 Å². The number of carbonyl (C=O) groups excluding carboxylic acids is 2. The number of benzene rings is 2. The number of nitrogens with one attached hydrogen (secondary N) is 1. The lowest BCUT2D eigenvalue weighted by molar-refractivity contribution is -0.139. The topological polar surface area (TPSA) is 103 Å². The van der Waals surface area contributed by atoms with Crippen LogP contribution in [-0.4, -0.2) is 52.4 Å². The number of hydrogen-bond acceptors (Lipinski definition) is 8. The second-order valence-corrected chi connectivity index (χ2v) is 11.1. The predicted molar refractivity (Wildman–Crippen MR) is 157 cm³/mol. The number of allylic oxidation sites excluding steroid dienone is 2. The quantitative estimate of drug-likeness (QED) is 0.197. The molecule has 2 aromatic carbocycles. The molecular weight excluding hydrogens is 540 g/mol. The third kappa shape index (κ3) is 7.18. The van der Waals surface area contributed by atoms with Crippen LogP contribution in [0.1, 0.15) is 36.2 Å². The van der Waals surface area contributed by atoms with Crippen molar-refractivity contribution in [2.24, 2.45) is 5.92 Å². The number of carbonyl (C=O) groups is 2. The van der Waals surface area contributed by atoms with Gasteiger partial charge in [-0.1, -0.05) is 36.0 Å². The standard InChI is InChI=1S/C31H34N4O5S/c1-20-15-21(2)33-31(32-20)41-18-28(36)35(17-22-9-12-25(38-3)13-10-22)29(23-7-5-4-6-8-23)30(37)34-24-11-14-26-27(16-24)40-19-39-26/h4-5,9-16,23,29H,6-8,17-19H2,1-3H3,(H,34,37). The Kier molecular flexibility index (Phi) is 9.08. The van der Waals surface area contributed by atoms with Crippen molar-refractivity contribution in [3.63, 3.8) is 0 Å². The maximum absolute atomic E-state index is 14.1.